The predicted molar refractivity (Wildman–Crippen MR) is 75.2 cm³/mol. The Morgan fingerprint density at radius 3 is 2.80 bits per heavy atom. The number of hydrogen-bond acceptors (Lipinski definition) is 2. The summed E-state index contributed by atoms with van der Waals surface area (Å²) in [6, 6.07) is 6.69. The number of nitrogens with one attached hydrogen (secondary N) is 1. The summed E-state index contributed by atoms with van der Waals surface area (Å²) in [4.78, 5) is 13.9. The molecule has 0 bridgehead atoms. The Labute approximate surface area is 118 Å². The largest absolute Gasteiger partial charge is 0.383 e. The van der Waals surface area contributed by atoms with Crippen molar-refractivity contribution in [2.24, 2.45) is 0 Å². The third kappa shape index (κ3) is 3.48. The lowest BCUT2D eigenvalue weighted by atomic mass is 9.97. The van der Waals surface area contributed by atoms with Crippen molar-refractivity contribution in [3.63, 3.8) is 0 Å². The zero-order valence-electron chi connectivity index (χ0n) is 11.9. The number of nitrogens with zero attached hydrogens (tertiary/aromatic N) is 1. The van der Waals surface area contributed by atoms with Gasteiger partial charge < -0.3 is 15.0 Å². The van der Waals surface area contributed by atoms with Crippen molar-refractivity contribution in [1.82, 2.24) is 10.2 Å². The quantitative estimate of drug-likeness (QED) is 0.860. The van der Waals surface area contributed by atoms with Crippen LogP contribution in [0.25, 0.3) is 0 Å². The van der Waals surface area contributed by atoms with Crippen LogP contribution < -0.4 is 5.32 Å². The molecule has 0 aliphatic carbocycles. The summed E-state index contributed by atoms with van der Waals surface area (Å²) >= 11 is 0. The van der Waals surface area contributed by atoms with E-state index in [0.29, 0.717) is 19.7 Å². The number of rotatable bonds is 4. The monoisotopic (exact) mass is 280 g/mol. The van der Waals surface area contributed by atoms with Crippen LogP contribution in [0.1, 0.15) is 24.8 Å². The minimum absolute atomic E-state index is 0.0563. The first-order chi connectivity index (χ1) is 9.61. The van der Waals surface area contributed by atoms with Gasteiger partial charge in [-0.2, -0.15) is 0 Å². The highest BCUT2D eigenvalue weighted by molar-refractivity contribution is 5.75. The number of methoxy groups -OCH3 is 1. The first-order valence-electron chi connectivity index (χ1n) is 6.90. The van der Waals surface area contributed by atoms with Gasteiger partial charge in [-0.15, -0.1) is 0 Å². The number of hydrogen-bond donors (Lipinski definition) is 1. The van der Waals surface area contributed by atoms with Crippen molar-refractivity contribution in [3.8, 4) is 0 Å². The molecule has 0 radical (unpaired) electrons. The highest BCUT2D eigenvalue weighted by Gasteiger charge is 2.32. The molecule has 1 saturated heterocycles. The fourth-order valence-electron chi connectivity index (χ4n) is 2.65. The molecule has 2 rings (SSSR count). The highest BCUT2D eigenvalue weighted by Crippen LogP contribution is 2.31. The van der Waals surface area contributed by atoms with Crippen LogP contribution in [0.2, 0.25) is 0 Å². The third-order valence-corrected chi connectivity index (χ3v) is 3.76. The Balaban J connectivity index is 1.94. The summed E-state index contributed by atoms with van der Waals surface area (Å²) < 4.78 is 17.9. The van der Waals surface area contributed by atoms with E-state index in [9.17, 15) is 9.18 Å². The van der Waals surface area contributed by atoms with Crippen molar-refractivity contribution in [2.75, 3.05) is 26.8 Å². The van der Waals surface area contributed by atoms with Crippen LogP contribution in [-0.4, -0.2) is 43.8 Å². The molecule has 20 heavy (non-hydrogen) atoms. The maximum atomic E-state index is 12.9. The van der Waals surface area contributed by atoms with Gasteiger partial charge in [-0.1, -0.05) is 12.1 Å². The van der Waals surface area contributed by atoms with Crippen LogP contribution >= 0.6 is 0 Å². The zero-order chi connectivity index (χ0) is 14.5. The van der Waals surface area contributed by atoms with E-state index in [1.165, 1.54) is 12.1 Å². The van der Waals surface area contributed by atoms with Gasteiger partial charge in [0.1, 0.15) is 5.82 Å². The molecule has 0 saturated carbocycles. The number of urea groups is 1. The minimum Gasteiger partial charge on any atom is -0.383 e. The predicted octanol–water partition coefficient (Wildman–Crippen LogP) is 2.36. The van der Waals surface area contributed by atoms with Gasteiger partial charge >= 0.3 is 6.03 Å². The van der Waals surface area contributed by atoms with Gasteiger partial charge in [0.25, 0.3) is 0 Å². The van der Waals surface area contributed by atoms with E-state index in [0.717, 1.165) is 12.0 Å². The van der Waals surface area contributed by atoms with E-state index < -0.39 is 0 Å². The first kappa shape index (κ1) is 14.8. The lowest BCUT2D eigenvalue weighted by Gasteiger charge is -2.21. The Morgan fingerprint density at radius 1 is 1.45 bits per heavy atom. The molecule has 1 aromatic rings. The average molecular weight is 280 g/mol. The van der Waals surface area contributed by atoms with Gasteiger partial charge in [-0.3, -0.25) is 0 Å². The summed E-state index contributed by atoms with van der Waals surface area (Å²) in [5.74, 6) is 0.0488. The van der Waals surface area contributed by atoms with Gasteiger partial charge in [0.15, 0.2) is 0 Å². The summed E-state index contributed by atoms with van der Waals surface area (Å²) in [5.41, 5.74) is 1.09. The van der Waals surface area contributed by atoms with Crippen LogP contribution in [0.4, 0.5) is 9.18 Å². The second-order valence-electron chi connectivity index (χ2n) is 5.21. The molecule has 2 atom stereocenters. The molecule has 4 nitrogen and oxygen atoms in total. The van der Waals surface area contributed by atoms with Crippen LogP contribution in [0, 0.1) is 5.82 Å². The molecule has 2 amide bonds. The van der Waals surface area contributed by atoms with E-state index in [1.54, 1.807) is 19.2 Å². The van der Waals surface area contributed by atoms with E-state index in [2.05, 4.69) is 5.32 Å². The standard InChI is InChI=1S/C15H21FN2O2/c1-11-9-13(12-3-5-14(16)6-4-12)10-18(11)15(19)17-7-8-20-2/h3-6,11,13H,7-10H2,1-2H3,(H,17,19)/t11-,13+/m0/s1. The summed E-state index contributed by atoms with van der Waals surface area (Å²) in [7, 11) is 1.61. The molecular formula is C15H21FN2O2. The van der Waals surface area contributed by atoms with Crippen LogP contribution in [0.15, 0.2) is 24.3 Å². The van der Waals surface area contributed by atoms with Crippen LogP contribution in [0.5, 0.6) is 0 Å². The fourth-order valence-corrected chi connectivity index (χ4v) is 2.65. The molecule has 1 fully saturated rings. The van der Waals surface area contributed by atoms with E-state index in [4.69, 9.17) is 4.74 Å². The Bertz CT molecular complexity index is 450. The zero-order valence-corrected chi connectivity index (χ0v) is 11.9. The normalized spacial score (nSPS) is 22.1. The Hall–Kier alpha value is -1.62. The van der Waals surface area contributed by atoms with Crippen molar-refractivity contribution in [3.05, 3.63) is 35.6 Å². The van der Waals surface area contributed by atoms with Gasteiger partial charge in [0.05, 0.1) is 6.61 Å². The molecule has 0 aromatic heterocycles. The average Bonchev–Trinajstić information content (AvgIpc) is 2.82. The number of carbonyl (C=O) groups is 1. The van der Waals surface area contributed by atoms with E-state index in [1.807, 2.05) is 11.8 Å². The molecule has 1 aromatic carbocycles. The number of benzene rings is 1. The smallest absolute Gasteiger partial charge is 0.317 e. The van der Waals surface area contributed by atoms with E-state index >= 15 is 0 Å². The number of amides is 2. The van der Waals surface area contributed by atoms with Gasteiger partial charge in [0, 0.05) is 32.2 Å². The summed E-state index contributed by atoms with van der Waals surface area (Å²) in [5, 5.41) is 2.84. The molecule has 1 N–H and O–H groups in total. The van der Waals surface area contributed by atoms with Gasteiger partial charge in [-0.25, -0.2) is 9.18 Å². The van der Waals surface area contributed by atoms with Crippen molar-refractivity contribution >= 4 is 6.03 Å². The summed E-state index contributed by atoms with van der Waals surface area (Å²) in [6.07, 6.45) is 0.906. The highest BCUT2D eigenvalue weighted by atomic mass is 19.1. The van der Waals surface area contributed by atoms with Crippen molar-refractivity contribution in [2.45, 2.75) is 25.3 Å². The van der Waals surface area contributed by atoms with Crippen LogP contribution in [0.3, 0.4) is 0 Å². The topological polar surface area (TPSA) is 41.6 Å². The molecule has 5 heteroatoms. The van der Waals surface area contributed by atoms with Crippen molar-refractivity contribution in [1.29, 1.82) is 0 Å². The molecule has 0 unspecified atom stereocenters. The number of carbonyl (C=O) groups excluding carboxylic acids is 1. The van der Waals surface area contributed by atoms with Gasteiger partial charge in [-0.05, 0) is 31.0 Å². The van der Waals surface area contributed by atoms with Crippen molar-refractivity contribution < 1.29 is 13.9 Å². The second-order valence-corrected chi connectivity index (χ2v) is 5.21. The summed E-state index contributed by atoms with van der Waals surface area (Å²) in [6.45, 7) is 3.74. The number of ether oxygens (including phenoxy) is 1. The maximum Gasteiger partial charge on any atom is 0.317 e. The lowest BCUT2D eigenvalue weighted by Crippen LogP contribution is -2.42. The molecule has 1 heterocycles. The molecule has 1 aliphatic heterocycles. The molecule has 0 spiro atoms. The SMILES string of the molecule is COCCNC(=O)N1C[C@H](c2ccc(F)cc2)C[C@@H]1C. The third-order valence-electron chi connectivity index (χ3n) is 3.76. The Morgan fingerprint density at radius 2 is 2.15 bits per heavy atom. The molecule has 1 aliphatic rings. The molecular weight excluding hydrogens is 259 g/mol. The number of likely N-dealkylation sites (tertiary alicyclic amines) is 1. The fraction of sp³-hybridized carbons (Fsp3) is 0.533. The first-order valence-corrected chi connectivity index (χ1v) is 6.90. The minimum atomic E-state index is -0.228. The Kier molecular flexibility index (Phi) is 4.95. The van der Waals surface area contributed by atoms with Gasteiger partial charge in [0.2, 0.25) is 0 Å². The lowest BCUT2D eigenvalue weighted by molar-refractivity contribution is 0.178. The second kappa shape index (κ2) is 6.70. The van der Waals surface area contributed by atoms with E-state index in [-0.39, 0.29) is 23.8 Å². The molecule has 110 valence electrons. The maximum absolute atomic E-state index is 12.9. The number of halogens is 1. The van der Waals surface area contributed by atoms with Crippen LogP contribution in [-0.2, 0) is 4.74 Å².